The molecular weight excluding hydrogens is 308 g/mol. The van der Waals surface area contributed by atoms with Crippen LogP contribution in [-0.4, -0.2) is 22.4 Å². The minimum Gasteiger partial charge on any atom is -0.389 e. The summed E-state index contributed by atoms with van der Waals surface area (Å²) in [7, 11) is 0. The SMILES string of the molecule is CC/C=C\C[C@@H](O)\C=C/C=C/C=C/[C@@H](O)C/C=C\C/C=C\CCCC. The quantitative estimate of drug-likeness (QED) is 0.237. The number of rotatable bonds is 14. The van der Waals surface area contributed by atoms with E-state index in [1.807, 2.05) is 42.5 Å². The Morgan fingerprint density at radius 3 is 1.80 bits per heavy atom. The third kappa shape index (κ3) is 18.5. The van der Waals surface area contributed by atoms with Crippen molar-refractivity contribution in [3.8, 4) is 0 Å². The fourth-order valence-electron chi connectivity index (χ4n) is 2.02. The van der Waals surface area contributed by atoms with E-state index < -0.39 is 12.2 Å². The second-order valence-electron chi connectivity index (χ2n) is 5.96. The zero-order valence-corrected chi connectivity index (χ0v) is 15.9. The lowest BCUT2D eigenvalue weighted by Gasteiger charge is -1.99. The van der Waals surface area contributed by atoms with Gasteiger partial charge in [-0.2, -0.15) is 0 Å². The first-order chi connectivity index (χ1) is 12.2. The first-order valence-electron chi connectivity index (χ1n) is 9.53. The molecule has 2 N–H and O–H groups in total. The highest BCUT2D eigenvalue weighted by Crippen LogP contribution is 2.00. The van der Waals surface area contributed by atoms with Crippen LogP contribution < -0.4 is 0 Å². The van der Waals surface area contributed by atoms with Gasteiger partial charge in [0, 0.05) is 0 Å². The normalized spacial score (nSPS) is 15.8. The Morgan fingerprint density at radius 2 is 1.24 bits per heavy atom. The molecule has 2 atom stereocenters. The van der Waals surface area contributed by atoms with Gasteiger partial charge in [-0.05, 0) is 32.1 Å². The van der Waals surface area contributed by atoms with Crippen LogP contribution >= 0.6 is 0 Å². The number of unbranched alkanes of at least 4 members (excludes halogenated alkanes) is 2. The monoisotopic (exact) mass is 344 g/mol. The first-order valence-corrected chi connectivity index (χ1v) is 9.53. The molecule has 2 heteroatoms. The summed E-state index contributed by atoms with van der Waals surface area (Å²) in [5.74, 6) is 0. The molecule has 25 heavy (non-hydrogen) atoms. The first kappa shape index (κ1) is 23.4. The van der Waals surface area contributed by atoms with Crippen LogP contribution in [0.5, 0.6) is 0 Å². The summed E-state index contributed by atoms with van der Waals surface area (Å²) >= 11 is 0. The second-order valence-corrected chi connectivity index (χ2v) is 5.96. The molecule has 0 aliphatic rings. The maximum atomic E-state index is 9.83. The molecule has 0 radical (unpaired) electrons. The van der Waals surface area contributed by atoms with E-state index >= 15 is 0 Å². The Bertz CT molecular complexity index is 453. The molecule has 0 heterocycles. The molecule has 0 aliphatic heterocycles. The Kier molecular flexibility index (Phi) is 17.5. The van der Waals surface area contributed by atoms with Gasteiger partial charge >= 0.3 is 0 Å². The number of aliphatic hydroxyl groups excluding tert-OH is 2. The van der Waals surface area contributed by atoms with Gasteiger partial charge in [-0.15, -0.1) is 0 Å². The molecular formula is C23H36O2. The molecule has 0 saturated heterocycles. The molecule has 0 saturated carbocycles. The molecule has 2 nitrogen and oxygen atoms in total. The molecule has 140 valence electrons. The summed E-state index contributed by atoms with van der Waals surface area (Å²) in [6.45, 7) is 4.27. The van der Waals surface area contributed by atoms with Crippen LogP contribution in [0.2, 0.25) is 0 Å². The summed E-state index contributed by atoms with van der Waals surface area (Å²) in [5.41, 5.74) is 0. The number of hydrogen-bond donors (Lipinski definition) is 2. The minimum atomic E-state index is -0.460. The van der Waals surface area contributed by atoms with Crippen molar-refractivity contribution in [2.24, 2.45) is 0 Å². The lowest BCUT2D eigenvalue weighted by Crippen LogP contribution is -1.98. The van der Waals surface area contributed by atoms with E-state index in [-0.39, 0.29) is 0 Å². The number of aliphatic hydroxyl groups is 2. The fraction of sp³-hybridized carbons (Fsp3) is 0.478. The van der Waals surface area contributed by atoms with Crippen LogP contribution in [0.4, 0.5) is 0 Å². The van der Waals surface area contributed by atoms with Crippen LogP contribution in [0.1, 0.15) is 58.8 Å². The summed E-state index contributed by atoms with van der Waals surface area (Å²) < 4.78 is 0. The van der Waals surface area contributed by atoms with Gasteiger partial charge in [-0.25, -0.2) is 0 Å². The third-order valence-corrected chi connectivity index (χ3v) is 3.49. The fourth-order valence-corrected chi connectivity index (χ4v) is 2.02. The molecule has 0 rings (SSSR count). The van der Waals surface area contributed by atoms with Crippen molar-refractivity contribution >= 4 is 0 Å². The highest BCUT2D eigenvalue weighted by molar-refractivity contribution is 5.13. The average molecular weight is 345 g/mol. The van der Waals surface area contributed by atoms with Crippen LogP contribution in [-0.2, 0) is 0 Å². The molecule has 0 unspecified atom stereocenters. The molecule has 0 aliphatic carbocycles. The zero-order valence-electron chi connectivity index (χ0n) is 15.9. The lowest BCUT2D eigenvalue weighted by atomic mass is 10.2. The minimum absolute atomic E-state index is 0.442. The maximum absolute atomic E-state index is 9.83. The van der Waals surface area contributed by atoms with E-state index in [9.17, 15) is 10.2 Å². The molecule has 0 amide bonds. The van der Waals surface area contributed by atoms with Gasteiger partial charge in [0.05, 0.1) is 12.2 Å². The topological polar surface area (TPSA) is 40.5 Å². The molecule has 0 aromatic carbocycles. The molecule has 0 fully saturated rings. The van der Waals surface area contributed by atoms with E-state index in [0.717, 1.165) is 19.3 Å². The highest BCUT2D eigenvalue weighted by Gasteiger charge is 1.93. The van der Waals surface area contributed by atoms with Gasteiger partial charge < -0.3 is 10.2 Å². The van der Waals surface area contributed by atoms with Crippen LogP contribution in [0.15, 0.2) is 72.9 Å². The Balaban J connectivity index is 3.85. The van der Waals surface area contributed by atoms with Gasteiger partial charge in [0.2, 0.25) is 0 Å². The van der Waals surface area contributed by atoms with Crippen molar-refractivity contribution in [1.82, 2.24) is 0 Å². The van der Waals surface area contributed by atoms with E-state index in [2.05, 4.69) is 32.1 Å². The smallest absolute Gasteiger partial charge is 0.0758 e. The van der Waals surface area contributed by atoms with E-state index in [1.54, 1.807) is 12.2 Å². The summed E-state index contributed by atoms with van der Waals surface area (Å²) in [4.78, 5) is 0. The van der Waals surface area contributed by atoms with Crippen molar-refractivity contribution in [2.75, 3.05) is 0 Å². The Hall–Kier alpha value is -1.64. The van der Waals surface area contributed by atoms with Crippen LogP contribution in [0.3, 0.4) is 0 Å². The Morgan fingerprint density at radius 1 is 0.680 bits per heavy atom. The van der Waals surface area contributed by atoms with E-state index in [0.29, 0.717) is 12.8 Å². The van der Waals surface area contributed by atoms with E-state index in [1.165, 1.54) is 12.8 Å². The van der Waals surface area contributed by atoms with Gasteiger partial charge in [-0.1, -0.05) is 99.6 Å². The second kappa shape index (κ2) is 18.7. The predicted octanol–water partition coefficient (Wildman–Crippen LogP) is 5.82. The summed E-state index contributed by atoms with van der Waals surface area (Å²) in [6.07, 6.45) is 29.4. The largest absolute Gasteiger partial charge is 0.389 e. The zero-order chi connectivity index (χ0) is 18.6. The van der Waals surface area contributed by atoms with Gasteiger partial charge in [0.15, 0.2) is 0 Å². The van der Waals surface area contributed by atoms with Crippen molar-refractivity contribution in [1.29, 1.82) is 0 Å². The molecule has 0 aromatic heterocycles. The highest BCUT2D eigenvalue weighted by atomic mass is 16.3. The Labute approximate surface area is 154 Å². The van der Waals surface area contributed by atoms with Gasteiger partial charge in [-0.3, -0.25) is 0 Å². The third-order valence-electron chi connectivity index (χ3n) is 3.49. The van der Waals surface area contributed by atoms with Crippen molar-refractivity contribution in [3.05, 3.63) is 72.9 Å². The van der Waals surface area contributed by atoms with E-state index in [4.69, 9.17) is 0 Å². The maximum Gasteiger partial charge on any atom is 0.0758 e. The lowest BCUT2D eigenvalue weighted by molar-refractivity contribution is 0.226. The van der Waals surface area contributed by atoms with Crippen molar-refractivity contribution < 1.29 is 10.2 Å². The molecule has 0 bridgehead atoms. The molecule has 0 aromatic rings. The number of hydrogen-bond acceptors (Lipinski definition) is 2. The van der Waals surface area contributed by atoms with Crippen LogP contribution in [0.25, 0.3) is 0 Å². The van der Waals surface area contributed by atoms with Gasteiger partial charge in [0.25, 0.3) is 0 Å². The average Bonchev–Trinajstić information content (AvgIpc) is 2.60. The van der Waals surface area contributed by atoms with Crippen LogP contribution in [0, 0.1) is 0 Å². The summed E-state index contributed by atoms with van der Waals surface area (Å²) in [6, 6.07) is 0. The van der Waals surface area contributed by atoms with Crippen molar-refractivity contribution in [2.45, 2.75) is 71.0 Å². The predicted molar refractivity (Wildman–Crippen MR) is 111 cm³/mol. The van der Waals surface area contributed by atoms with Gasteiger partial charge in [0.1, 0.15) is 0 Å². The molecule has 0 spiro atoms. The standard InChI is InChI=1S/C23H36O2/c1-3-5-7-8-9-10-11-15-19-23(25)21-17-13-12-16-20-22(24)18-14-6-4-2/h6,8-9,11-17,20-25H,3-5,7,10,18-19H2,1-2H3/b9-8-,13-12+,14-6-,15-11-,20-16-,21-17+/t22-,23+/m1/s1. The van der Waals surface area contributed by atoms with Crippen molar-refractivity contribution in [3.63, 3.8) is 0 Å². The number of allylic oxidation sites excluding steroid dienone is 8. The summed E-state index contributed by atoms with van der Waals surface area (Å²) in [5, 5.41) is 19.5.